The van der Waals surface area contributed by atoms with Gasteiger partial charge in [-0.3, -0.25) is 4.79 Å². The molecule has 1 aromatic carbocycles. The average Bonchev–Trinajstić information content (AvgIpc) is 3.18. The minimum absolute atomic E-state index is 0.194. The second kappa shape index (κ2) is 5.83. The monoisotopic (exact) mass is 300 g/mol. The third-order valence-electron chi connectivity index (χ3n) is 4.25. The molecule has 3 rings (SSSR count). The molecular formula is C17H20N2O3. The summed E-state index contributed by atoms with van der Waals surface area (Å²) < 4.78 is 0. The van der Waals surface area contributed by atoms with E-state index in [-0.39, 0.29) is 12.3 Å². The van der Waals surface area contributed by atoms with E-state index in [1.165, 1.54) is 0 Å². The fourth-order valence-corrected chi connectivity index (χ4v) is 2.92. The Morgan fingerprint density at radius 2 is 2.18 bits per heavy atom. The van der Waals surface area contributed by atoms with Crippen molar-refractivity contribution in [3.63, 3.8) is 0 Å². The highest BCUT2D eigenvalue weighted by atomic mass is 16.4. The van der Waals surface area contributed by atoms with Gasteiger partial charge in [-0.05, 0) is 36.5 Å². The molecule has 1 heterocycles. The smallest absolute Gasteiger partial charge is 0.326 e. The zero-order valence-corrected chi connectivity index (χ0v) is 12.6. The van der Waals surface area contributed by atoms with Crippen LogP contribution >= 0.6 is 0 Å². The Hall–Kier alpha value is -2.30. The number of aromatic nitrogens is 1. The quantitative estimate of drug-likeness (QED) is 0.766. The Bertz CT molecular complexity index is 716. The maximum Gasteiger partial charge on any atom is 0.326 e. The van der Waals surface area contributed by atoms with Crippen LogP contribution in [0, 0.1) is 12.8 Å². The van der Waals surface area contributed by atoms with E-state index in [2.05, 4.69) is 10.3 Å². The van der Waals surface area contributed by atoms with Crippen LogP contribution in [0.25, 0.3) is 10.9 Å². The SMILES string of the molecule is Cc1cccc2[nH]cc(CC(=O)NC(CC3CC3)C(=O)O)c12. The van der Waals surface area contributed by atoms with Gasteiger partial charge in [0.15, 0.2) is 0 Å². The zero-order chi connectivity index (χ0) is 15.7. The molecule has 0 saturated heterocycles. The third kappa shape index (κ3) is 3.13. The number of carboxylic acids is 1. The van der Waals surface area contributed by atoms with Crippen molar-refractivity contribution >= 4 is 22.8 Å². The fourth-order valence-electron chi connectivity index (χ4n) is 2.92. The van der Waals surface area contributed by atoms with Crippen LogP contribution in [0.15, 0.2) is 24.4 Å². The van der Waals surface area contributed by atoms with Crippen LogP contribution in [0.1, 0.15) is 30.4 Å². The molecule has 0 radical (unpaired) electrons. The highest BCUT2D eigenvalue weighted by Crippen LogP contribution is 2.33. The van der Waals surface area contributed by atoms with Crippen LogP contribution in [0.3, 0.4) is 0 Å². The topological polar surface area (TPSA) is 82.2 Å². The molecule has 0 bridgehead atoms. The first-order valence-electron chi connectivity index (χ1n) is 7.62. The lowest BCUT2D eigenvalue weighted by atomic mass is 10.0. The molecule has 1 amide bonds. The maximum absolute atomic E-state index is 12.2. The normalized spacial score (nSPS) is 15.7. The van der Waals surface area contributed by atoms with E-state index in [1.54, 1.807) is 0 Å². The summed E-state index contributed by atoms with van der Waals surface area (Å²) in [6, 6.07) is 5.17. The van der Waals surface area contributed by atoms with Crippen molar-refractivity contribution in [2.75, 3.05) is 0 Å². The van der Waals surface area contributed by atoms with Gasteiger partial charge in [-0.2, -0.15) is 0 Å². The summed E-state index contributed by atoms with van der Waals surface area (Å²) in [5, 5.41) is 12.9. The molecule has 1 fully saturated rings. The first-order chi connectivity index (χ1) is 10.5. The van der Waals surface area contributed by atoms with Crippen LogP contribution in [0.5, 0.6) is 0 Å². The molecule has 22 heavy (non-hydrogen) atoms. The number of rotatable bonds is 6. The number of carboxylic acid groups (broad SMARTS) is 1. The van der Waals surface area contributed by atoms with E-state index in [0.29, 0.717) is 12.3 Å². The van der Waals surface area contributed by atoms with Crippen LogP contribution in [-0.4, -0.2) is 28.0 Å². The number of carbonyl (C=O) groups is 2. The Morgan fingerprint density at radius 3 is 2.86 bits per heavy atom. The molecule has 5 nitrogen and oxygen atoms in total. The molecule has 0 aliphatic heterocycles. The van der Waals surface area contributed by atoms with Crippen LogP contribution in [0.4, 0.5) is 0 Å². The van der Waals surface area contributed by atoms with Crippen LogP contribution in [0.2, 0.25) is 0 Å². The number of hydrogen-bond donors (Lipinski definition) is 3. The Kier molecular flexibility index (Phi) is 3.88. The van der Waals surface area contributed by atoms with Crippen molar-refractivity contribution in [3.05, 3.63) is 35.5 Å². The molecular weight excluding hydrogens is 280 g/mol. The fraction of sp³-hybridized carbons (Fsp3) is 0.412. The van der Waals surface area contributed by atoms with Crippen molar-refractivity contribution in [1.82, 2.24) is 10.3 Å². The second-order valence-corrected chi connectivity index (χ2v) is 6.13. The molecule has 1 unspecified atom stereocenters. The number of hydrogen-bond acceptors (Lipinski definition) is 2. The first-order valence-corrected chi connectivity index (χ1v) is 7.62. The number of benzene rings is 1. The van der Waals surface area contributed by atoms with E-state index in [4.69, 9.17) is 0 Å². The summed E-state index contributed by atoms with van der Waals surface area (Å²) in [5.41, 5.74) is 3.01. The standard InChI is InChI=1S/C17H20N2O3/c1-10-3-2-4-13-16(10)12(9-18-13)8-15(20)19-14(17(21)22)7-11-5-6-11/h2-4,9,11,14,18H,5-8H2,1H3,(H,19,20)(H,21,22). The van der Waals surface area contributed by atoms with Gasteiger partial charge >= 0.3 is 5.97 Å². The van der Waals surface area contributed by atoms with Crippen molar-refractivity contribution in [1.29, 1.82) is 0 Å². The van der Waals surface area contributed by atoms with E-state index < -0.39 is 12.0 Å². The number of aryl methyl sites for hydroxylation is 1. The number of aromatic amines is 1. The lowest BCUT2D eigenvalue weighted by molar-refractivity contribution is -0.142. The molecule has 1 atom stereocenters. The number of carbonyl (C=O) groups excluding carboxylic acids is 1. The molecule has 1 aromatic heterocycles. The lowest BCUT2D eigenvalue weighted by Crippen LogP contribution is -2.41. The number of fused-ring (bicyclic) bond motifs is 1. The molecule has 1 aliphatic carbocycles. The molecule has 5 heteroatoms. The molecule has 0 spiro atoms. The van der Waals surface area contributed by atoms with Crippen LogP contribution in [-0.2, 0) is 16.0 Å². The first kappa shape index (κ1) is 14.6. The Morgan fingerprint density at radius 1 is 1.41 bits per heavy atom. The molecule has 116 valence electrons. The number of amides is 1. The van der Waals surface area contributed by atoms with E-state index >= 15 is 0 Å². The summed E-state index contributed by atoms with van der Waals surface area (Å²) >= 11 is 0. The van der Waals surface area contributed by atoms with Crippen molar-refractivity contribution in [3.8, 4) is 0 Å². The molecule has 2 aromatic rings. The summed E-state index contributed by atoms with van der Waals surface area (Å²) in [4.78, 5) is 26.6. The number of nitrogens with one attached hydrogen (secondary N) is 2. The van der Waals surface area contributed by atoms with Gasteiger partial charge in [-0.25, -0.2) is 4.79 Å². The largest absolute Gasteiger partial charge is 0.480 e. The number of H-pyrrole nitrogens is 1. The van der Waals surface area contributed by atoms with Crippen molar-refractivity contribution in [2.45, 2.75) is 38.6 Å². The van der Waals surface area contributed by atoms with Gasteiger partial charge in [0.05, 0.1) is 6.42 Å². The van der Waals surface area contributed by atoms with Gasteiger partial charge in [0.25, 0.3) is 0 Å². The predicted octanol–water partition coefficient (Wildman–Crippen LogP) is 2.39. The Balaban J connectivity index is 1.71. The van der Waals surface area contributed by atoms with Gasteiger partial charge in [0, 0.05) is 17.1 Å². The maximum atomic E-state index is 12.2. The second-order valence-electron chi connectivity index (χ2n) is 6.13. The van der Waals surface area contributed by atoms with Gasteiger partial charge in [0.2, 0.25) is 5.91 Å². The summed E-state index contributed by atoms with van der Waals surface area (Å²) in [6.45, 7) is 2.00. The van der Waals surface area contributed by atoms with E-state index in [0.717, 1.165) is 34.9 Å². The summed E-state index contributed by atoms with van der Waals surface area (Å²) in [5.74, 6) is -0.732. The summed E-state index contributed by atoms with van der Waals surface area (Å²) in [7, 11) is 0. The Labute approximate surface area is 128 Å². The molecule has 3 N–H and O–H groups in total. The van der Waals surface area contributed by atoms with Crippen molar-refractivity contribution < 1.29 is 14.7 Å². The molecule has 1 aliphatic rings. The van der Waals surface area contributed by atoms with Crippen LogP contribution < -0.4 is 5.32 Å². The van der Waals surface area contributed by atoms with E-state index in [9.17, 15) is 14.7 Å². The minimum atomic E-state index is -0.949. The third-order valence-corrected chi connectivity index (χ3v) is 4.25. The zero-order valence-electron chi connectivity index (χ0n) is 12.6. The minimum Gasteiger partial charge on any atom is -0.480 e. The average molecular weight is 300 g/mol. The van der Waals surface area contributed by atoms with Gasteiger partial charge in [0.1, 0.15) is 6.04 Å². The highest BCUT2D eigenvalue weighted by Gasteiger charge is 2.30. The number of aliphatic carboxylic acids is 1. The van der Waals surface area contributed by atoms with Gasteiger partial charge in [-0.15, -0.1) is 0 Å². The predicted molar refractivity (Wildman–Crippen MR) is 83.6 cm³/mol. The van der Waals surface area contributed by atoms with Gasteiger partial charge in [-0.1, -0.05) is 25.0 Å². The van der Waals surface area contributed by atoms with E-state index in [1.807, 2.05) is 31.3 Å². The summed E-state index contributed by atoms with van der Waals surface area (Å²) in [6.07, 6.45) is 4.70. The van der Waals surface area contributed by atoms with Crippen molar-refractivity contribution in [2.24, 2.45) is 5.92 Å². The highest BCUT2D eigenvalue weighted by molar-refractivity contribution is 5.92. The molecule has 1 saturated carbocycles. The van der Waals surface area contributed by atoms with Gasteiger partial charge < -0.3 is 15.4 Å². The lowest BCUT2D eigenvalue weighted by Gasteiger charge is -2.14.